The molecule has 15 aromatic carbocycles. The van der Waals surface area contributed by atoms with Gasteiger partial charge in [0.05, 0.1) is 96.0 Å². The molecule has 33 aromatic rings. The largest absolute Gasteiger partial charge is 0.438 e. The van der Waals surface area contributed by atoms with Crippen molar-refractivity contribution >= 4 is 253 Å². The van der Waals surface area contributed by atoms with Crippen LogP contribution in [0.1, 0.15) is 0 Å². The number of aromatic nitrogens is 13. The Bertz CT molecular complexity index is 10600. The number of hydrogen-bond donors (Lipinski definition) is 0. The van der Waals surface area contributed by atoms with E-state index in [2.05, 4.69) is 296 Å². The van der Waals surface area contributed by atoms with Gasteiger partial charge in [0.25, 0.3) is 0 Å². The maximum Gasteiger partial charge on any atom is 0.241 e. The van der Waals surface area contributed by atoms with E-state index in [9.17, 15) is 0 Å². The summed E-state index contributed by atoms with van der Waals surface area (Å²) in [5.74, 6) is 4.07. The molecule has 145 heavy (non-hydrogen) atoms. The van der Waals surface area contributed by atoms with Gasteiger partial charge in [0, 0.05) is 119 Å². The summed E-state index contributed by atoms with van der Waals surface area (Å²) in [6.45, 7) is 0. The van der Waals surface area contributed by atoms with E-state index in [1.807, 2.05) is 150 Å². The standard InChI is InChI=1S/C35H19N3OS.C32H19N3OS.C31H18N4OS.C26H15N3OS/c1-2-11-23-21(9-1)22-10-3-6-14-27(22)38-29-18-17-20(19-26(29)36-34(23)38)37-28-15-7-4-12-24(28)31-33-32(39-35(31)37)25-13-5-8-16-30(25)40-33;1-3-11-20(12-4-1)24-19-27(34-31(33-24)21-13-5-2-6-14-21)35-25-17-9-7-15-22(25)28-30-29(36-32(28)35)23-16-8-10-18-26(23)37-30;1-3-11-19(12-4-1)28-32-29(20-13-5-2-6-14-20)34-31(33-28)35-23-17-9-7-15-21(23)25-27-26(36-30(25)35)22-16-8-10-18-24(22)37-27;1-3-9-20-17(6-1)23-25-24(18-7-2-4-10-21(18)31-25)30-26(23)29(20)22-11-5-8-19(28-22)16-12-14-27-15-13-16/h1-19H;1-19H;1-18H;1-15H. The van der Waals surface area contributed by atoms with E-state index in [4.69, 9.17) is 52.6 Å². The molecule has 0 saturated heterocycles. The second kappa shape index (κ2) is 33.0. The van der Waals surface area contributed by atoms with Crippen LogP contribution in [-0.4, -0.2) is 62.5 Å². The molecule has 0 spiro atoms. The van der Waals surface area contributed by atoms with Gasteiger partial charge in [-0.3, -0.25) is 23.1 Å². The number of hydrogen-bond acceptors (Lipinski definition) is 16. The first kappa shape index (κ1) is 82.3. The normalized spacial score (nSPS) is 12.0. The van der Waals surface area contributed by atoms with Gasteiger partial charge < -0.3 is 17.7 Å². The van der Waals surface area contributed by atoms with Crippen LogP contribution in [0.4, 0.5) is 0 Å². The fourth-order valence-corrected chi connectivity index (χ4v) is 25.9. The van der Waals surface area contributed by atoms with Crippen molar-refractivity contribution in [3.8, 4) is 79.9 Å². The zero-order valence-electron chi connectivity index (χ0n) is 76.6. The summed E-state index contributed by atoms with van der Waals surface area (Å²) in [6, 6.07) is 144. The van der Waals surface area contributed by atoms with Gasteiger partial charge in [-0.15, -0.1) is 45.3 Å². The lowest BCUT2D eigenvalue weighted by molar-refractivity contribution is 0.645. The highest BCUT2D eigenvalue weighted by Gasteiger charge is 2.31. The number of benzene rings is 15. The van der Waals surface area contributed by atoms with E-state index < -0.39 is 0 Å². The third-order valence-electron chi connectivity index (χ3n) is 27.6. The van der Waals surface area contributed by atoms with E-state index in [-0.39, 0.29) is 0 Å². The van der Waals surface area contributed by atoms with E-state index in [1.54, 1.807) is 57.7 Å². The zero-order valence-corrected chi connectivity index (χ0v) is 79.8. The SMILES string of the molecule is c1cc(-c2ccncc2)nc(-n2c3ccccc3c3c4sc5ccccc5c4oc32)c1.c1ccc(-c2cc(-n3c4ccccc4c4c5sc6ccccc6c5oc43)nc(-c3ccccc3)n2)cc1.c1ccc(-c2nc(-c3ccccc3)nc(-n3c4ccccc4c4c5sc6ccccc6c5oc43)n2)cc1.c1ccc2c(c1)sc1c2oc2c1c1ccccc1n2-c1ccc2c(c1)nc1c3ccccc3c3ccccc3n21. The van der Waals surface area contributed by atoms with Crippen molar-refractivity contribution in [3.05, 3.63) is 431 Å². The quantitative estimate of drug-likeness (QED) is 0.125. The fraction of sp³-hybridized carbons (Fsp3) is 0. The van der Waals surface area contributed by atoms with Gasteiger partial charge in [-0.2, -0.15) is 9.97 Å². The van der Waals surface area contributed by atoms with Gasteiger partial charge in [-0.25, -0.2) is 29.5 Å². The van der Waals surface area contributed by atoms with Crippen molar-refractivity contribution in [2.75, 3.05) is 0 Å². The van der Waals surface area contributed by atoms with Gasteiger partial charge in [0.1, 0.15) is 17.3 Å². The minimum absolute atomic E-state index is 0.532. The lowest BCUT2D eigenvalue weighted by atomic mass is 10.1. The molecular weight excluding hydrogens is 1860 g/mol. The van der Waals surface area contributed by atoms with Crippen molar-refractivity contribution in [3.63, 3.8) is 0 Å². The topological polar surface area (TPSA) is 180 Å². The average Bonchev–Trinajstić information content (AvgIpc) is 1.59. The molecule has 33 rings (SSSR count). The Kier molecular flexibility index (Phi) is 18.7. The van der Waals surface area contributed by atoms with Crippen molar-refractivity contribution < 1.29 is 17.7 Å². The maximum atomic E-state index is 6.71. The van der Waals surface area contributed by atoms with Gasteiger partial charge in [-0.05, 0) is 127 Å². The minimum atomic E-state index is 0.532. The van der Waals surface area contributed by atoms with Gasteiger partial charge in [0.15, 0.2) is 39.8 Å². The summed E-state index contributed by atoms with van der Waals surface area (Å²) in [5, 5.41) is 17.4. The Morgan fingerprint density at radius 3 is 1.04 bits per heavy atom. The second-order valence-electron chi connectivity index (χ2n) is 35.9. The van der Waals surface area contributed by atoms with Crippen molar-refractivity contribution in [2.45, 2.75) is 0 Å². The van der Waals surface area contributed by atoms with Crippen LogP contribution in [-0.2, 0) is 0 Å². The molecule has 0 N–H and O–H groups in total. The molecule has 0 atom stereocenters. The molecule has 18 aromatic heterocycles. The van der Waals surface area contributed by atoms with E-state index >= 15 is 0 Å². The lowest BCUT2D eigenvalue weighted by Crippen LogP contribution is -2.06. The first-order chi connectivity index (χ1) is 71.9. The molecule has 0 fully saturated rings. The Labute approximate surface area is 837 Å². The lowest BCUT2D eigenvalue weighted by Gasteiger charge is -2.11. The highest BCUT2D eigenvalue weighted by molar-refractivity contribution is 7.28. The fourth-order valence-electron chi connectivity index (χ4n) is 21.2. The number of para-hydroxylation sites is 5. The Balaban J connectivity index is 0.0000000901. The number of pyridine rings is 3. The Morgan fingerprint density at radius 2 is 0.572 bits per heavy atom. The Morgan fingerprint density at radius 1 is 0.214 bits per heavy atom. The van der Waals surface area contributed by atoms with Crippen LogP contribution in [0.3, 0.4) is 0 Å². The molecule has 17 nitrogen and oxygen atoms in total. The number of nitrogens with zero attached hydrogens (tertiary/aromatic N) is 13. The molecule has 21 heteroatoms. The molecular formula is C124H71N13O4S4. The summed E-state index contributed by atoms with van der Waals surface area (Å²) < 4.78 is 47.1. The molecule has 0 unspecified atom stereocenters. The molecule has 0 saturated carbocycles. The van der Waals surface area contributed by atoms with Crippen molar-refractivity contribution in [2.24, 2.45) is 0 Å². The second-order valence-corrected chi connectivity index (χ2v) is 40.1. The smallest absolute Gasteiger partial charge is 0.241 e. The first-order valence-corrected chi connectivity index (χ1v) is 51.0. The number of fused-ring (bicyclic) bond motifs is 36. The van der Waals surface area contributed by atoms with Gasteiger partial charge in [-0.1, -0.05) is 291 Å². The number of rotatable bonds is 9. The van der Waals surface area contributed by atoms with Crippen LogP contribution >= 0.6 is 45.3 Å². The molecule has 0 bridgehead atoms. The monoisotopic (exact) mass is 1930 g/mol. The van der Waals surface area contributed by atoms with Crippen LogP contribution in [0, 0.1) is 0 Å². The average molecular weight is 1940 g/mol. The zero-order chi connectivity index (χ0) is 95.0. The maximum absolute atomic E-state index is 6.71. The van der Waals surface area contributed by atoms with Crippen LogP contribution in [0.25, 0.3) is 288 Å². The number of furan rings is 4. The van der Waals surface area contributed by atoms with Crippen molar-refractivity contribution in [1.82, 2.24) is 62.5 Å². The molecule has 0 aliphatic carbocycles. The summed E-state index contributed by atoms with van der Waals surface area (Å²) in [4.78, 5) is 39.2. The van der Waals surface area contributed by atoms with Gasteiger partial charge in [0.2, 0.25) is 28.8 Å². The first-order valence-electron chi connectivity index (χ1n) is 47.7. The van der Waals surface area contributed by atoms with Crippen LogP contribution in [0.2, 0.25) is 0 Å². The molecule has 680 valence electrons. The number of imidazole rings is 1. The molecule has 0 aliphatic rings. The summed E-state index contributed by atoms with van der Waals surface area (Å²) in [7, 11) is 0. The summed E-state index contributed by atoms with van der Waals surface area (Å²) in [6.07, 6.45) is 3.58. The van der Waals surface area contributed by atoms with E-state index in [0.29, 0.717) is 23.4 Å². The third-order valence-corrected chi connectivity index (χ3v) is 32.3. The van der Waals surface area contributed by atoms with Crippen LogP contribution in [0.15, 0.2) is 449 Å². The summed E-state index contributed by atoms with van der Waals surface area (Å²) in [5.41, 5.74) is 23.3. The van der Waals surface area contributed by atoms with Crippen molar-refractivity contribution in [1.29, 1.82) is 0 Å². The molecule has 0 amide bonds. The number of thiophene rings is 4. The summed E-state index contributed by atoms with van der Waals surface area (Å²) >= 11 is 7.14. The molecule has 0 aliphatic heterocycles. The van der Waals surface area contributed by atoms with Crippen LogP contribution < -0.4 is 0 Å². The Hall–Kier alpha value is -18.6. The highest BCUT2D eigenvalue weighted by Crippen LogP contribution is 2.52. The van der Waals surface area contributed by atoms with Crippen LogP contribution in [0.5, 0.6) is 0 Å². The van der Waals surface area contributed by atoms with E-state index in [0.717, 1.165) is 194 Å². The van der Waals surface area contributed by atoms with E-state index in [1.165, 1.54) is 70.7 Å². The molecule has 0 radical (unpaired) electrons. The predicted molar refractivity (Wildman–Crippen MR) is 597 cm³/mol. The molecule has 18 heterocycles. The van der Waals surface area contributed by atoms with Gasteiger partial charge >= 0.3 is 0 Å². The minimum Gasteiger partial charge on any atom is -0.438 e. The third kappa shape index (κ3) is 13.0. The highest BCUT2D eigenvalue weighted by atomic mass is 32.1. The predicted octanol–water partition coefficient (Wildman–Crippen LogP) is 34.2.